The van der Waals surface area contributed by atoms with E-state index >= 15 is 0 Å². The monoisotopic (exact) mass is 379 g/mol. The first-order valence-electron chi connectivity index (χ1n) is 9.08. The lowest BCUT2D eigenvalue weighted by molar-refractivity contribution is -0.134. The second-order valence-electron chi connectivity index (χ2n) is 6.12. The zero-order valence-corrected chi connectivity index (χ0v) is 16.0. The summed E-state index contributed by atoms with van der Waals surface area (Å²) in [5.74, 6) is 0.187. The molecule has 0 aliphatic carbocycles. The molecule has 0 aromatic heterocycles. The Kier molecular flexibility index (Phi) is 5.89. The van der Waals surface area contributed by atoms with Crippen molar-refractivity contribution in [1.29, 1.82) is 0 Å². The molecule has 2 aromatic carbocycles. The zero-order valence-electron chi connectivity index (χ0n) is 16.0. The van der Waals surface area contributed by atoms with Crippen LogP contribution in [0.2, 0.25) is 0 Å². The lowest BCUT2D eigenvalue weighted by atomic mass is 10.1. The number of nitrogens with zero attached hydrogens (tertiary/aromatic N) is 1. The fraction of sp³-hybridized carbons (Fsp3) is 0.227. The van der Waals surface area contributed by atoms with Gasteiger partial charge in [0.1, 0.15) is 0 Å². The van der Waals surface area contributed by atoms with Crippen LogP contribution in [0.15, 0.2) is 53.2 Å². The van der Waals surface area contributed by atoms with Crippen molar-refractivity contribution in [3.05, 3.63) is 64.9 Å². The average molecular weight is 379 g/mol. The minimum absolute atomic E-state index is 0.194. The van der Waals surface area contributed by atoms with Gasteiger partial charge in [-0.1, -0.05) is 31.2 Å². The number of cyclic esters (lactones) is 1. The number of benzene rings is 2. The molecule has 0 fully saturated rings. The highest BCUT2D eigenvalue weighted by atomic mass is 16.6. The molecule has 0 atom stereocenters. The number of esters is 2. The normalized spacial score (nSPS) is 14.6. The lowest BCUT2D eigenvalue weighted by Crippen LogP contribution is -2.07. The highest BCUT2D eigenvalue weighted by Gasteiger charge is 2.25. The van der Waals surface area contributed by atoms with Crippen LogP contribution in [0.5, 0.6) is 11.5 Å². The van der Waals surface area contributed by atoms with E-state index in [0.717, 1.165) is 11.1 Å². The number of carbonyl (C=O) groups is 2. The summed E-state index contributed by atoms with van der Waals surface area (Å²) in [5.41, 5.74) is 2.62. The Labute approximate surface area is 163 Å². The van der Waals surface area contributed by atoms with Crippen LogP contribution in [0.4, 0.5) is 0 Å². The molecule has 0 amide bonds. The molecule has 0 radical (unpaired) electrons. The maximum atomic E-state index is 12.2. The molecule has 0 N–H and O–H groups in total. The summed E-state index contributed by atoms with van der Waals surface area (Å²) in [6, 6.07) is 12.6. The van der Waals surface area contributed by atoms with Gasteiger partial charge in [-0.15, -0.1) is 0 Å². The third-order valence-corrected chi connectivity index (χ3v) is 4.08. The molecule has 0 bridgehead atoms. The van der Waals surface area contributed by atoms with Gasteiger partial charge in [-0.25, -0.2) is 9.79 Å². The van der Waals surface area contributed by atoms with Crippen LogP contribution in [0.1, 0.15) is 37.0 Å². The van der Waals surface area contributed by atoms with Gasteiger partial charge in [-0.2, -0.15) is 0 Å². The van der Waals surface area contributed by atoms with E-state index in [9.17, 15) is 9.59 Å². The first-order valence-corrected chi connectivity index (χ1v) is 9.08. The Bertz CT molecular complexity index is 975. The molecule has 2 aromatic rings. The van der Waals surface area contributed by atoms with Crippen molar-refractivity contribution in [3.8, 4) is 11.5 Å². The molecule has 1 heterocycles. The Balaban J connectivity index is 1.92. The molecule has 1 aliphatic heterocycles. The van der Waals surface area contributed by atoms with Crippen LogP contribution in [-0.4, -0.2) is 24.4 Å². The Hall–Kier alpha value is -3.41. The van der Waals surface area contributed by atoms with Gasteiger partial charge in [0.15, 0.2) is 17.2 Å². The van der Waals surface area contributed by atoms with Crippen LogP contribution in [0, 0.1) is 6.92 Å². The van der Waals surface area contributed by atoms with E-state index in [2.05, 4.69) is 4.99 Å². The molecule has 144 valence electrons. The van der Waals surface area contributed by atoms with E-state index in [1.807, 2.05) is 38.1 Å². The van der Waals surface area contributed by atoms with Crippen LogP contribution < -0.4 is 9.47 Å². The Morgan fingerprint density at radius 1 is 1.14 bits per heavy atom. The van der Waals surface area contributed by atoms with Crippen LogP contribution >= 0.6 is 0 Å². The third kappa shape index (κ3) is 4.28. The number of hydrogen-bond donors (Lipinski definition) is 0. The molecule has 0 spiro atoms. The number of aryl methyl sites for hydroxylation is 1. The third-order valence-electron chi connectivity index (χ3n) is 4.08. The standard InChI is InChI=1S/C22H21NO5/c1-4-20(24)27-18-11-10-15(13-19(18)26-5-2)12-17-22(25)28-21(23-17)16-9-7-6-8-14(16)3/h6-13H,4-5H2,1-3H3/b17-12-. The second-order valence-corrected chi connectivity index (χ2v) is 6.12. The molecule has 28 heavy (non-hydrogen) atoms. The SMILES string of the molecule is CCOc1cc(/C=C2\N=C(c3ccccc3C)OC2=O)ccc1OC(=O)CC. The summed E-state index contributed by atoms with van der Waals surface area (Å²) in [5, 5.41) is 0. The maximum Gasteiger partial charge on any atom is 0.363 e. The first-order chi connectivity index (χ1) is 13.5. The number of ether oxygens (including phenoxy) is 3. The van der Waals surface area contributed by atoms with E-state index in [0.29, 0.717) is 23.7 Å². The van der Waals surface area contributed by atoms with Crippen molar-refractivity contribution in [1.82, 2.24) is 0 Å². The Morgan fingerprint density at radius 3 is 2.64 bits per heavy atom. The average Bonchev–Trinajstić information content (AvgIpc) is 3.04. The van der Waals surface area contributed by atoms with E-state index in [1.165, 1.54) is 0 Å². The second kappa shape index (κ2) is 8.52. The molecule has 0 saturated carbocycles. The summed E-state index contributed by atoms with van der Waals surface area (Å²) in [7, 11) is 0. The van der Waals surface area contributed by atoms with Gasteiger partial charge < -0.3 is 14.2 Å². The first kappa shape index (κ1) is 19.4. The van der Waals surface area contributed by atoms with Gasteiger partial charge in [0.05, 0.1) is 6.61 Å². The maximum absolute atomic E-state index is 12.2. The summed E-state index contributed by atoms with van der Waals surface area (Å²) >= 11 is 0. The lowest BCUT2D eigenvalue weighted by Gasteiger charge is -2.10. The van der Waals surface area contributed by atoms with Gasteiger partial charge in [0.25, 0.3) is 0 Å². The molecule has 0 saturated heterocycles. The van der Waals surface area contributed by atoms with E-state index in [-0.39, 0.29) is 24.0 Å². The molecule has 1 aliphatic rings. The van der Waals surface area contributed by atoms with Crippen molar-refractivity contribution >= 4 is 23.9 Å². The van der Waals surface area contributed by atoms with E-state index in [1.54, 1.807) is 31.2 Å². The molecule has 6 heteroatoms. The van der Waals surface area contributed by atoms with Crippen molar-refractivity contribution in [2.24, 2.45) is 4.99 Å². The molecular weight excluding hydrogens is 358 g/mol. The molecule has 0 unspecified atom stereocenters. The number of hydrogen-bond acceptors (Lipinski definition) is 6. The van der Waals surface area contributed by atoms with Gasteiger partial charge in [0, 0.05) is 12.0 Å². The summed E-state index contributed by atoms with van der Waals surface area (Å²) in [4.78, 5) is 28.1. The number of rotatable bonds is 6. The summed E-state index contributed by atoms with van der Waals surface area (Å²) in [6.45, 7) is 5.90. The topological polar surface area (TPSA) is 74.2 Å². The van der Waals surface area contributed by atoms with E-state index in [4.69, 9.17) is 14.2 Å². The van der Waals surface area contributed by atoms with Gasteiger partial charge >= 0.3 is 11.9 Å². The largest absolute Gasteiger partial charge is 0.490 e. The van der Waals surface area contributed by atoms with Gasteiger partial charge in [-0.3, -0.25) is 4.79 Å². The van der Waals surface area contributed by atoms with Gasteiger partial charge in [-0.05, 0) is 49.2 Å². The highest BCUT2D eigenvalue weighted by molar-refractivity contribution is 6.13. The number of carbonyl (C=O) groups excluding carboxylic acids is 2. The van der Waals surface area contributed by atoms with Crippen LogP contribution in [-0.2, 0) is 14.3 Å². The van der Waals surface area contributed by atoms with Crippen molar-refractivity contribution in [3.63, 3.8) is 0 Å². The highest BCUT2D eigenvalue weighted by Crippen LogP contribution is 2.30. The minimum atomic E-state index is -0.516. The predicted octanol–water partition coefficient (Wildman–Crippen LogP) is 4.05. The van der Waals surface area contributed by atoms with Crippen molar-refractivity contribution < 1.29 is 23.8 Å². The summed E-state index contributed by atoms with van der Waals surface area (Å²) in [6.07, 6.45) is 1.88. The molecule has 3 rings (SSSR count). The molecular formula is C22H21NO5. The summed E-state index contributed by atoms with van der Waals surface area (Å²) < 4.78 is 16.2. The smallest absolute Gasteiger partial charge is 0.363 e. The zero-order chi connectivity index (χ0) is 20.1. The fourth-order valence-electron chi connectivity index (χ4n) is 2.66. The molecule has 6 nitrogen and oxygen atoms in total. The fourth-order valence-corrected chi connectivity index (χ4v) is 2.66. The van der Waals surface area contributed by atoms with Crippen molar-refractivity contribution in [2.45, 2.75) is 27.2 Å². The minimum Gasteiger partial charge on any atom is -0.490 e. The van der Waals surface area contributed by atoms with Crippen molar-refractivity contribution in [2.75, 3.05) is 6.61 Å². The van der Waals surface area contributed by atoms with Crippen LogP contribution in [0.3, 0.4) is 0 Å². The van der Waals surface area contributed by atoms with Crippen LogP contribution in [0.25, 0.3) is 6.08 Å². The predicted molar refractivity (Wildman–Crippen MR) is 105 cm³/mol. The quantitative estimate of drug-likeness (QED) is 0.430. The van der Waals surface area contributed by atoms with Gasteiger partial charge in [0.2, 0.25) is 5.90 Å². The van der Waals surface area contributed by atoms with E-state index < -0.39 is 5.97 Å². The number of aliphatic imine (C=N–C) groups is 1. The Morgan fingerprint density at radius 2 is 1.93 bits per heavy atom.